The van der Waals surface area contributed by atoms with Crippen molar-refractivity contribution < 1.29 is 9.13 Å². The lowest BCUT2D eigenvalue weighted by atomic mass is 10.3. The van der Waals surface area contributed by atoms with Crippen LogP contribution >= 0.6 is 11.6 Å². The van der Waals surface area contributed by atoms with Crippen molar-refractivity contribution in [2.45, 2.75) is 6.54 Å². The van der Waals surface area contributed by atoms with E-state index in [1.54, 1.807) is 24.3 Å². The van der Waals surface area contributed by atoms with E-state index in [1.165, 1.54) is 11.0 Å². The Labute approximate surface area is 96.6 Å². The molecule has 0 fully saturated rings. The van der Waals surface area contributed by atoms with Gasteiger partial charge in [0.05, 0.1) is 6.54 Å². The number of aryl methyl sites for hydroxylation is 1. The highest BCUT2D eigenvalue weighted by Crippen LogP contribution is 2.21. The average Bonchev–Trinajstić information content (AvgIpc) is 2.66. The molecule has 0 radical (unpaired) electrons. The molecule has 0 spiro atoms. The van der Waals surface area contributed by atoms with Crippen molar-refractivity contribution in [2.75, 3.05) is 6.67 Å². The quantitative estimate of drug-likeness (QED) is 0.826. The molecule has 6 heteroatoms. The number of aromatic nitrogens is 3. The SMILES string of the molecule is FCCn1cnc(Oc2cccc(Cl)c2)n1. The third-order valence-corrected chi connectivity index (χ3v) is 2.07. The third kappa shape index (κ3) is 2.70. The van der Waals surface area contributed by atoms with Crippen molar-refractivity contribution in [1.82, 2.24) is 14.8 Å². The topological polar surface area (TPSA) is 39.9 Å². The highest BCUT2D eigenvalue weighted by Gasteiger charge is 2.03. The van der Waals surface area contributed by atoms with Crippen molar-refractivity contribution in [3.05, 3.63) is 35.6 Å². The Morgan fingerprint density at radius 2 is 2.31 bits per heavy atom. The molecular weight excluding hydrogens is 233 g/mol. The summed E-state index contributed by atoms with van der Waals surface area (Å²) in [7, 11) is 0. The number of benzene rings is 1. The van der Waals surface area contributed by atoms with E-state index in [9.17, 15) is 4.39 Å². The van der Waals surface area contributed by atoms with Crippen LogP contribution < -0.4 is 4.74 Å². The van der Waals surface area contributed by atoms with Gasteiger partial charge >= 0.3 is 6.01 Å². The van der Waals surface area contributed by atoms with Gasteiger partial charge in [0, 0.05) is 5.02 Å². The van der Waals surface area contributed by atoms with Gasteiger partial charge in [-0.05, 0) is 18.2 Å². The predicted molar refractivity (Wildman–Crippen MR) is 57.5 cm³/mol. The fourth-order valence-electron chi connectivity index (χ4n) is 1.15. The molecule has 0 saturated heterocycles. The molecule has 84 valence electrons. The second-order valence-electron chi connectivity index (χ2n) is 3.04. The Morgan fingerprint density at radius 3 is 3.06 bits per heavy atom. The molecule has 16 heavy (non-hydrogen) atoms. The van der Waals surface area contributed by atoms with E-state index in [0.717, 1.165) is 0 Å². The van der Waals surface area contributed by atoms with Crippen molar-refractivity contribution in [3.8, 4) is 11.8 Å². The van der Waals surface area contributed by atoms with Crippen LogP contribution in [0.4, 0.5) is 4.39 Å². The minimum atomic E-state index is -0.486. The Kier molecular flexibility index (Phi) is 3.36. The predicted octanol–water partition coefficient (Wildman–Crippen LogP) is 2.69. The Morgan fingerprint density at radius 1 is 1.44 bits per heavy atom. The van der Waals surface area contributed by atoms with Crippen LogP contribution in [0.15, 0.2) is 30.6 Å². The molecule has 1 heterocycles. The molecule has 0 aliphatic carbocycles. The Hall–Kier alpha value is -1.62. The molecule has 0 amide bonds. The van der Waals surface area contributed by atoms with E-state index >= 15 is 0 Å². The number of rotatable bonds is 4. The first-order valence-electron chi connectivity index (χ1n) is 4.67. The van der Waals surface area contributed by atoms with E-state index in [4.69, 9.17) is 16.3 Å². The van der Waals surface area contributed by atoms with Crippen molar-refractivity contribution in [2.24, 2.45) is 0 Å². The van der Waals surface area contributed by atoms with Crippen LogP contribution in [0, 0.1) is 0 Å². The van der Waals surface area contributed by atoms with Gasteiger partial charge < -0.3 is 4.74 Å². The second kappa shape index (κ2) is 4.94. The summed E-state index contributed by atoms with van der Waals surface area (Å²) in [6, 6.07) is 7.06. The largest absolute Gasteiger partial charge is 0.423 e. The van der Waals surface area contributed by atoms with Crippen LogP contribution in [0.1, 0.15) is 0 Å². The molecule has 0 saturated carbocycles. The number of nitrogens with zero attached hydrogens (tertiary/aromatic N) is 3. The third-order valence-electron chi connectivity index (χ3n) is 1.83. The van der Waals surface area contributed by atoms with Crippen molar-refractivity contribution in [1.29, 1.82) is 0 Å². The molecular formula is C10H9ClFN3O. The zero-order valence-corrected chi connectivity index (χ0v) is 9.06. The van der Waals surface area contributed by atoms with Crippen LogP contribution in [0.2, 0.25) is 5.02 Å². The maximum Gasteiger partial charge on any atom is 0.340 e. The molecule has 0 N–H and O–H groups in total. The first kappa shape index (κ1) is 10.9. The van der Waals surface area contributed by atoms with E-state index in [0.29, 0.717) is 10.8 Å². The summed E-state index contributed by atoms with van der Waals surface area (Å²) in [5.74, 6) is 0.547. The smallest absolute Gasteiger partial charge is 0.340 e. The van der Waals surface area contributed by atoms with Gasteiger partial charge in [0.2, 0.25) is 0 Å². The van der Waals surface area contributed by atoms with Crippen LogP contribution in [0.25, 0.3) is 0 Å². The molecule has 2 rings (SSSR count). The van der Waals surface area contributed by atoms with E-state index in [1.807, 2.05) is 0 Å². The molecule has 0 aliphatic heterocycles. The first-order chi connectivity index (χ1) is 7.78. The lowest BCUT2D eigenvalue weighted by Crippen LogP contribution is -1.99. The van der Waals surface area contributed by atoms with E-state index < -0.39 is 6.67 Å². The molecule has 1 aromatic carbocycles. The van der Waals surface area contributed by atoms with Crippen LogP contribution in [0.5, 0.6) is 11.8 Å². The van der Waals surface area contributed by atoms with Gasteiger partial charge in [-0.25, -0.2) is 9.07 Å². The summed E-state index contributed by atoms with van der Waals surface area (Å²) >= 11 is 5.79. The maximum atomic E-state index is 12.0. The van der Waals surface area contributed by atoms with Gasteiger partial charge in [-0.2, -0.15) is 4.98 Å². The zero-order valence-electron chi connectivity index (χ0n) is 8.31. The lowest BCUT2D eigenvalue weighted by Gasteiger charge is -2.00. The number of ether oxygens (including phenoxy) is 1. The summed E-state index contributed by atoms with van der Waals surface area (Å²) in [4.78, 5) is 3.88. The zero-order chi connectivity index (χ0) is 11.4. The number of halogens is 2. The molecule has 2 aromatic rings. The fourth-order valence-corrected chi connectivity index (χ4v) is 1.33. The van der Waals surface area contributed by atoms with E-state index in [-0.39, 0.29) is 12.6 Å². The minimum Gasteiger partial charge on any atom is -0.423 e. The summed E-state index contributed by atoms with van der Waals surface area (Å²) in [5.41, 5.74) is 0. The summed E-state index contributed by atoms with van der Waals surface area (Å²) in [5, 5.41) is 4.50. The van der Waals surface area contributed by atoms with Gasteiger partial charge in [0.1, 0.15) is 18.8 Å². The van der Waals surface area contributed by atoms with Crippen LogP contribution in [-0.2, 0) is 6.54 Å². The normalized spacial score (nSPS) is 10.4. The monoisotopic (exact) mass is 241 g/mol. The van der Waals surface area contributed by atoms with Crippen LogP contribution in [0.3, 0.4) is 0 Å². The van der Waals surface area contributed by atoms with Crippen molar-refractivity contribution >= 4 is 11.6 Å². The lowest BCUT2D eigenvalue weighted by molar-refractivity contribution is 0.406. The van der Waals surface area contributed by atoms with Gasteiger partial charge in [-0.15, -0.1) is 5.10 Å². The number of hydrogen-bond donors (Lipinski definition) is 0. The summed E-state index contributed by atoms with van der Waals surface area (Å²) in [6.07, 6.45) is 1.42. The average molecular weight is 242 g/mol. The summed E-state index contributed by atoms with van der Waals surface area (Å²) < 4.78 is 18.7. The highest BCUT2D eigenvalue weighted by molar-refractivity contribution is 6.30. The van der Waals surface area contributed by atoms with Gasteiger partial charge in [-0.1, -0.05) is 17.7 Å². The maximum absolute atomic E-state index is 12.0. The fraction of sp³-hybridized carbons (Fsp3) is 0.200. The second-order valence-corrected chi connectivity index (χ2v) is 3.48. The minimum absolute atomic E-state index is 0.173. The molecule has 4 nitrogen and oxygen atoms in total. The Balaban J connectivity index is 2.08. The molecule has 0 atom stereocenters. The first-order valence-corrected chi connectivity index (χ1v) is 5.04. The molecule has 0 unspecified atom stereocenters. The Bertz CT molecular complexity index is 475. The van der Waals surface area contributed by atoms with E-state index in [2.05, 4.69) is 10.1 Å². The molecule has 1 aromatic heterocycles. The number of alkyl halides is 1. The molecule has 0 bridgehead atoms. The van der Waals surface area contributed by atoms with Gasteiger partial charge in [0.15, 0.2) is 0 Å². The number of hydrogen-bond acceptors (Lipinski definition) is 3. The summed E-state index contributed by atoms with van der Waals surface area (Å²) in [6.45, 7) is -0.314. The highest BCUT2D eigenvalue weighted by atomic mass is 35.5. The molecule has 0 aliphatic rings. The standard InChI is InChI=1S/C10H9ClFN3O/c11-8-2-1-3-9(6-8)16-10-13-7-15(14-10)5-4-12/h1-3,6-7H,4-5H2. The van der Waals surface area contributed by atoms with Gasteiger partial charge in [-0.3, -0.25) is 0 Å². The van der Waals surface area contributed by atoms with Crippen LogP contribution in [-0.4, -0.2) is 21.4 Å². The van der Waals surface area contributed by atoms with Crippen molar-refractivity contribution in [3.63, 3.8) is 0 Å². The van der Waals surface area contributed by atoms with Gasteiger partial charge in [0.25, 0.3) is 0 Å².